The van der Waals surface area contributed by atoms with Gasteiger partial charge in [0.2, 0.25) is 5.91 Å². The first-order chi connectivity index (χ1) is 12.4. The van der Waals surface area contributed by atoms with Crippen LogP contribution in [0.25, 0.3) is 11.3 Å². The molecule has 4 atom stereocenters. The zero-order chi connectivity index (χ0) is 17.9. The van der Waals surface area contributed by atoms with Crippen molar-refractivity contribution in [3.63, 3.8) is 0 Å². The minimum Gasteiger partial charge on any atom is -0.390 e. The van der Waals surface area contributed by atoms with E-state index >= 15 is 0 Å². The molecule has 0 radical (unpaired) electrons. The molecule has 2 aromatic rings. The average molecular weight is 369 g/mol. The van der Waals surface area contributed by atoms with Gasteiger partial charge in [-0.2, -0.15) is 0 Å². The number of hydrogen-bond donors (Lipinski definition) is 2. The van der Waals surface area contributed by atoms with Crippen LogP contribution in [0.4, 0.5) is 5.13 Å². The number of thiazole rings is 1. The molecule has 0 spiro atoms. The second-order valence-electron chi connectivity index (χ2n) is 8.71. The fourth-order valence-corrected chi connectivity index (χ4v) is 6.85. The van der Waals surface area contributed by atoms with Crippen molar-refractivity contribution in [1.29, 1.82) is 0 Å². The van der Waals surface area contributed by atoms with E-state index in [1.807, 2.05) is 37.3 Å². The Morgan fingerprint density at radius 2 is 1.88 bits per heavy atom. The van der Waals surface area contributed by atoms with Gasteiger partial charge in [0, 0.05) is 10.4 Å². The van der Waals surface area contributed by atoms with Crippen molar-refractivity contribution in [2.24, 2.45) is 17.3 Å². The minimum atomic E-state index is -0.616. The second kappa shape index (κ2) is 5.64. The van der Waals surface area contributed by atoms with Gasteiger partial charge in [-0.3, -0.25) is 4.79 Å². The quantitative estimate of drug-likeness (QED) is 0.845. The molecule has 4 bridgehead atoms. The monoisotopic (exact) mass is 368 g/mol. The lowest BCUT2D eigenvalue weighted by Gasteiger charge is -2.59. The lowest BCUT2D eigenvalue weighted by atomic mass is 9.47. The summed E-state index contributed by atoms with van der Waals surface area (Å²) in [5.41, 5.74) is 1.00. The largest absolute Gasteiger partial charge is 0.390 e. The lowest BCUT2D eigenvalue weighted by molar-refractivity contribution is -0.174. The molecule has 5 heteroatoms. The van der Waals surface area contributed by atoms with Gasteiger partial charge >= 0.3 is 0 Å². The molecule has 136 valence electrons. The Labute approximate surface area is 157 Å². The third-order valence-electron chi connectivity index (χ3n) is 6.58. The van der Waals surface area contributed by atoms with E-state index in [1.165, 1.54) is 17.8 Å². The minimum absolute atomic E-state index is 0.0680. The molecule has 1 aromatic carbocycles. The van der Waals surface area contributed by atoms with E-state index in [0.717, 1.165) is 41.8 Å². The number of aromatic nitrogens is 1. The van der Waals surface area contributed by atoms with E-state index in [2.05, 4.69) is 10.3 Å². The summed E-state index contributed by atoms with van der Waals surface area (Å²) >= 11 is 1.54. The molecule has 1 aromatic heterocycles. The molecule has 4 saturated carbocycles. The topological polar surface area (TPSA) is 62.2 Å². The zero-order valence-corrected chi connectivity index (χ0v) is 15.8. The smallest absolute Gasteiger partial charge is 0.232 e. The molecular weight excluding hydrogens is 344 g/mol. The molecule has 26 heavy (non-hydrogen) atoms. The number of benzene rings is 1. The fourth-order valence-electron chi connectivity index (χ4n) is 6.02. The second-order valence-corrected chi connectivity index (χ2v) is 9.91. The van der Waals surface area contributed by atoms with Crippen molar-refractivity contribution < 1.29 is 9.90 Å². The standard InChI is InChI=1S/C21H24N2O2S/c1-13-17(16-5-3-2-4-6-16)22-19(26-13)23-18(24)20-8-14-7-15(9-20)11-21(25,10-14)12-20/h2-6,14-15,25H,7-12H2,1H3,(H,22,23,24)/t14-,15+,20?,21?. The van der Waals surface area contributed by atoms with Crippen molar-refractivity contribution in [3.8, 4) is 11.3 Å². The highest BCUT2D eigenvalue weighted by Gasteiger charge is 2.60. The lowest BCUT2D eigenvalue weighted by Crippen LogP contribution is -2.59. The number of anilines is 1. The summed E-state index contributed by atoms with van der Waals surface area (Å²) in [6.07, 6.45) is 5.42. The first kappa shape index (κ1) is 16.5. The van der Waals surface area contributed by atoms with Gasteiger partial charge in [0.25, 0.3) is 0 Å². The van der Waals surface area contributed by atoms with Crippen LogP contribution >= 0.6 is 11.3 Å². The predicted molar refractivity (Wildman–Crippen MR) is 103 cm³/mol. The van der Waals surface area contributed by atoms with E-state index in [9.17, 15) is 9.90 Å². The SMILES string of the molecule is Cc1sc(NC(=O)C23C[C@@H]4C[C@@H](CC(O)(C4)C2)C3)nc1-c1ccccc1. The predicted octanol–water partition coefficient (Wildman–Crippen LogP) is 4.39. The third kappa shape index (κ3) is 2.60. The van der Waals surface area contributed by atoms with Gasteiger partial charge in [-0.1, -0.05) is 30.3 Å². The van der Waals surface area contributed by atoms with E-state index in [1.54, 1.807) is 0 Å². The van der Waals surface area contributed by atoms with Crippen LogP contribution in [0.15, 0.2) is 30.3 Å². The summed E-state index contributed by atoms with van der Waals surface area (Å²) in [4.78, 5) is 19.0. The molecule has 1 amide bonds. The van der Waals surface area contributed by atoms with Crippen LogP contribution in [0.3, 0.4) is 0 Å². The first-order valence-corrected chi connectivity index (χ1v) is 10.3. The highest BCUT2D eigenvalue weighted by atomic mass is 32.1. The molecule has 0 saturated heterocycles. The van der Waals surface area contributed by atoms with Crippen molar-refractivity contribution in [2.45, 2.75) is 51.0 Å². The van der Waals surface area contributed by atoms with Gasteiger partial charge in [0.15, 0.2) is 5.13 Å². The van der Waals surface area contributed by atoms with Gasteiger partial charge in [-0.05, 0) is 57.3 Å². The highest BCUT2D eigenvalue weighted by Crippen LogP contribution is 2.61. The van der Waals surface area contributed by atoms with Crippen LogP contribution in [0, 0.1) is 24.2 Å². The van der Waals surface area contributed by atoms with Crippen molar-refractivity contribution in [1.82, 2.24) is 4.98 Å². The van der Waals surface area contributed by atoms with Gasteiger partial charge in [-0.15, -0.1) is 11.3 Å². The normalized spacial score (nSPS) is 34.8. The first-order valence-electron chi connectivity index (χ1n) is 9.51. The number of carbonyl (C=O) groups excluding carboxylic acids is 1. The summed E-state index contributed by atoms with van der Waals surface area (Å²) in [5.74, 6) is 1.08. The summed E-state index contributed by atoms with van der Waals surface area (Å²) in [7, 11) is 0. The Morgan fingerprint density at radius 3 is 2.54 bits per heavy atom. The number of nitrogens with zero attached hydrogens (tertiary/aromatic N) is 1. The summed E-state index contributed by atoms with van der Waals surface area (Å²) < 4.78 is 0. The Balaban J connectivity index is 1.40. The van der Waals surface area contributed by atoms with E-state index < -0.39 is 11.0 Å². The third-order valence-corrected chi connectivity index (χ3v) is 7.46. The number of hydrogen-bond acceptors (Lipinski definition) is 4. The highest BCUT2D eigenvalue weighted by molar-refractivity contribution is 7.16. The van der Waals surface area contributed by atoms with Crippen molar-refractivity contribution in [2.75, 3.05) is 5.32 Å². The molecule has 1 heterocycles. The fraction of sp³-hybridized carbons (Fsp3) is 0.524. The van der Waals surface area contributed by atoms with Crippen molar-refractivity contribution in [3.05, 3.63) is 35.2 Å². The maximum absolute atomic E-state index is 13.2. The van der Waals surface area contributed by atoms with Crippen molar-refractivity contribution >= 4 is 22.4 Å². The van der Waals surface area contributed by atoms with Gasteiger partial charge in [0.05, 0.1) is 16.7 Å². The molecular formula is C21H24N2O2S. The molecule has 4 nitrogen and oxygen atoms in total. The molecule has 2 unspecified atom stereocenters. The summed E-state index contributed by atoms with van der Waals surface area (Å²) in [6, 6.07) is 10.1. The Morgan fingerprint density at radius 1 is 1.19 bits per heavy atom. The average Bonchev–Trinajstić information content (AvgIpc) is 2.94. The van der Waals surface area contributed by atoms with E-state index in [-0.39, 0.29) is 5.91 Å². The summed E-state index contributed by atoms with van der Waals surface area (Å²) in [6.45, 7) is 2.04. The van der Waals surface area contributed by atoms with E-state index in [0.29, 0.717) is 23.4 Å². The number of aliphatic hydroxyl groups is 1. The summed E-state index contributed by atoms with van der Waals surface area (Å²) in [5, 5.41) is 14.7. The maximum atomic E-state index is 13.2. The van der Waals surface area contributed by atoms with Gasteiger partial charge in [-0.25, -0.2) is 4.98 Å². The molecule has 4 fully saturated rings. The molecule has 4 aliphatic carbocycles. The molecule has 4 aliphatic rings. The Bertz CT molecular complexity index is 846. The molecule has 0 aliphatic heterocycles. The van der Waals surface area contributed by atoms with Crippen LogP contribution in [0.2, 0.25) is 0 Å². The van der Waals surface area contributed by atoms with Crippen LogP contribution in [-0.4, -0.2) is 21.6 Å². The van der Waals surface area contributed by atoms with Gasteiger partial charge < -0.3 is 10.4 Å². The Hall–Kier alpha value is -1.72. The Kier molecular flexibility index (Phi) is 3.57. The maximum Gasteiger partial charge on any atom is 0.232 e. The van der Waals surface area contributed by atoms with E-state index in [4.69, 9.17) is 0 Å². The van der Waals surface area contributed by atoms with Crippen LogP contribution < -0.4 is 5.32 Å². The van der Waals surface area contributed by atoms with Crippen LogP contribution in [0.5, 0.6) is 0 Å². The number of nitrogens with one attached hydrogen (secondary N) is 1. The van der Waals surface area contributed by atoms with Crippen LogP contribution in [-0.2, 0) is 4.79 Å². The molecule has 2 N–H and O–H groups in total. The molecule has 6 rings (SSSR count). The number of rotatable bonds is 3. The van der Waals surface area contributed by atoms with Gasteiger partial charge in [0.1, 0.15) is 0 Å². The number of carbonyl (C=O) groups is 1. The zero-order valence-electron chi connectivity index (χ0n) is 15.0. The van der Waals surface area contributed by atoms with Crippen LogP contribution in [0.1, 0.15) is 43.4 Å². The number of amides is 1. The number of aryl methyl sites for hydroxylation is 1.